The molecule has 2 bridgehead atoms. The molecule has 1 aromatic heterocycles. The minimum atomic E-state index is -0.0723. The third-order valence-corrected chi connectivity index (χ3v) is 4.22. The lowest BCUT2D eigenvalue weighted by atomic mass is 9.98. The summed E-state index contributed by atoms with van der Waals surface area (Å²) in [4.78, 5) is 4.10. The van der Waals surface area contributed by atoms with Crippen LogP contribution in [0.3, 0.4) is 0 Å². The van der Waals surface area contributed by atoms with Gasteiger partial charge in [0.1, 0.15) is 6.10 Å². The maximum Gasteiger partial charge on any atom is 0.179 e. The van der Waals surface area contributed by atoms with Gasteiger partial charge in [0.25, 0.3) is 0 Å². The molecule has 0 saturated heterocycles. The fourth-order valence-electron chi connectivity index (χ4n) is 3.29. The van der Waals surface area contributed by atoms with Crippen LogP contribution in [0.1, 0.15) is 31.4 Å². The molecule has 2 aliphatic carbocycles. The predicted molar refractivity (Wildman–Crippen MR) is 66.6 cm³/mol. The van der Waals surface area contributed by atoms with Crippen molar-refractivity contribution in [3.8, 4) is 11.5 Å². The zero-order valence-corrected chi connectivity index (χ0v) is 10.6. The van der Waals surface area contributed by atoms with E-state index in [4.69, 9.17) is 14.6 Å². The number of ether oxygens (including phenoxy) is 2. The summed E-state index contributed by atoms with van der Waals surface area (Å²) in [7, 11) is 1.61. The van der Waals surface area contributed by atoms with E-state index in [1.807, 2.05) is 0 Å². The van der Waals surface area contributed by atoms with E-state index in [-0.39, 0.29) is 6.61 Å². The van der Waals surface area contributed by atoms with Crippen molar-refractivity contribution < 1.29 is 14.6 Å². The highest BCUT2D eigenvalue weighted by Gasteiger charge is 2.41. The first-order chi connectivity index (χ1) is 8.80. The number of aliphatic hydroxyl groups excluding tert-OH is 1. The number of pyridine rings is 1. The van der Waals surface area contributed by atoms with E-state index < -0.39 is 0 Å². The Labute approximate surface area is 107 Å². The topological polar surface area (TPSA) is 51.6 Å². The summed E-state index contributed by atoms with van der Waals surface area (Å²) in [6.45, 7) is -0.0723. The van der Waals surface area contributed by atoms with Gasteiger partial charge in [-0.3, -0.25) is 4.98 Å². The van der Waals surface area contributed by atoms with E-state index in [0.717, 1.165) is 12.3 Å². The summed E-state index contributed by atoms with van der Waals surface area (Å²) in [5.74, 6) is 2.92. The second kappa shape index (κ2) is 4.76. The van der Waals surface area contributed by atoms with E-state index in [1.54, 1.807) is 19.4 Å². The molecule has 0 spiro atoms. The average Bonchev–Trinajstić information content (AvgIpc) is 3.01. The molecule has 0 aromatic carbocycles. The quantitative estimate of drug-likeness (QED) is 0.888. The first-order valence-corrected chi connectivity index (χ1v) is 6.60. The molecule has 3 unspecified atom stereocenters. The minimum absolute atomic E-state index is 0.0723. The number of rotatable bonds is 4. The van der Waals surface area contributed by atoms with Crippen LogP contribution in [0, 0.1) is 11.8 Å². The number of fused-ring (bicyclic) bond motifs is 2. The first-order valence-electron chi connectivity index (χ1n) is 6.60. The zero-order valence-electron chi connectivity index (χ0n) is 10.6. The normalized spacial score (nSPS) is 29.6. The Morgan fingerprint density at radius 1 is 1.33 bits per heavy atom. The van der Waals surface area contributed by atoms with Crippen molar-refractivity contribution >= 4 is 0 Å². The van der Waals surface area contributed by atoms with Crippen LogP contribution >= 0.6 is 0 Å². The van der Waals surface area contributed by atoms with Gasteiger partial charge in [0.2, 0.25) is 0 Å². The summed E-state index contributed by atoms with van der Waals surface area (Å²) >= 11 is 0. The van der Waals surface area contributed by atoms with Gasteiger partial charge < -0.3 is 14.6 Å². The average molecular weight is 249 g/mol. The SMILES string of the molecule is COc1cnc(CO)cc1OC1CC2CCC1C2. The third-order valence-electron chi connectivity index (χ3n) is 4.22. The molecule has 3 atom stereocenters. The van der Waals surface area contributed by atoms with Gasteiger partial charge in [0.05, 0.1) is 25.6 Å². The lowest BCUT2D eigenvalue weighted by Crippen LogP contribution is -2.23. The fourth-order valence-corrected chi connectivity index (χ4v) is 3.29. The summed E-state index contributed by atoms with van der Waals surface area (Å²) in [6, 6.07) is 1.78. The number of nitrogens with zero attached hydrogens (tertiary/aromatic N) is 1. The molecule has 1 N–H and O–H groups in total. The van der Waals surface area contributed by atoms with E-state index in [0.29, 0.717) is 29.2 Å². The van der Waals surface area contributed by atoms with Gasteiger partial charge in [0, 0.05) is 6.07 Å². The number of aliphatic hydroxyl groups is 1. The van der Waals surface area contributed by atoms with Crippen LogP contribution in [-0.2, 0) is 6.61 Å². The Morgan fingerprint density at radius 2 is 2.22 bits per heavy atom. The maximum atomic E-state index is 9.13. The fraction of sp³-hybridized carbons (Fsp3) is 0.643. The molecule has 3 rings (SSSR count). The van der Waals surface area contributed by atoms with E-state index >= 15 is 0 Å². The third kappa shape index (κ3) is 2.05. The molecule has 1 heterocycles. The maximum absolute atomic E-state index is 9.13. The van der Waals surface area contributed by atoms with Gasteiger partial charge in [-0.15, -0.1) is 0 Å². The lowest BCUT2D eigenvalue weighted by molar-refractivity contribution is 0.133. The van der Waals surface area contributed by atoms with Crippen LogP contribution in [-0.4, -0.2) is 23.3 Å². The highest BCUT2D eigenvalue weighted by Crippen LogP contribution is 2.46. The number of hydrogen-bond donors (Lipinski definition) is 1. The molecule has 2 aliphatic rings. The summed E-state index contributed by atoms with van der Waals surface area (Å²) in [5.41, 5.74) is 0.619. The second-order valence-corrected chi connectivity index (χ2v) is 5.32. The van der Waals surface area contributed by atoms with Crippen molar-refractivity contribution in [3.63, 3.8) is 0 Å². The van der Waals surface area contributed by atoms with Gasteiger partial charge in [-0.2, -0.15) is 0 Å². The largest absolute Gasteiger partial charge is 0.491 e. The van der Waals surface area contributed by atoms with E-state index in [2.05, 4.69) is 4.98 Å². The Morgan fingerprint density at radius 3 is 2.83 bits per heavy atom. The van der Waals surface area contributed by atoms with Crippen LogP contribution < -0.4 is 9.47 Å². The molecular formula is C14H19NO3. The smallest absolute Gasteiger partial charge is 0.179 e. The molecular weight excluding hydrogens is 230 g/mol. The van der Waals surface area contributed by atoms with Gasteiger partial charge in [-0.05, 0) is 37.5 Å². The minimum Gasteiger partial charge on any atom is -0.491 e. The monoisotopic (exact) mass is 249 g/mol. The van der Waals surface area contributed by atoms with Crippen LogP contribution in [0.5, 0.6) is 11.5 Å². The van der Waals surface area contributed by atoms with Crippen molar-refractivity contribution in [1.29, 1.82) is 0 Å². The van der Waals surface area contributed by atoms with Crippen LogP contribution in [0.4, 0.5) is 0 Å². The van der Waals surface area contributed by atoms with Crippen LogP contribution in [0.25, 0.3) is 0 Å². The van der Waals surface area contributed by atoms with Crippen LogP contribution in [0.15, 0.2) is 12.3 Å². The Balaban J connectivity index is 1.78. The summed E-state index contributed by atoms with van der Waals surface area (Å²) in [5, 5.41) is 9.13. The number of methoxy groups -OCH3 is 1. The molecule has 98 valence electrons. The van der Waals surface area contributed by atoms with Crippen molar-refractivity contribution in [2.45, 2.75) is 38.4 Å². The van der Waals surface area contributed by atoms with Crippen molar-refractivity contribution in [2.75, 3.05) is 7.11 Å². The van der Waals surface area contributed by atoms with Gasteiger partial charge in [-0.25, -0.2) is 0 Å². The summed E-state index contributed by atoms with van der Waals surface area (Å²) in [6.07, 6.45) is 7.05. The second-order valence-electron chi connectivity index (χ2n) is 5.32. The van der Waals surface area contributed by atoms with Crippen LogP contribution in [0.2, 0.25) is 0 Å². The van der Waals surface area contributed by atoms with E-state index in [9.17, 15) is 0 Å². The molecule has 0 radical (unpaired) electrons. The standard InChI is InChI=1S/C14H19NO3/c1-17-14-7-15-11(8-16)6-13(14)18-12-5-9-2-3-10(12)4-9/h6-7,9-10,12,16H,2-5,8H2,1H3. The predicted octanol–water partition coefficient (Wildman–Crippen LogP) is 2.15. The van der Waals surface area contributed by atoms with Gasteiger partial charge in [0.15, 0.2) is 11.5 Å². The van der Waals surface area contributed by atoms with Gasteiger partial charge >= 0.3 is 0 Å². The molecule has 2 saturated carbocycles. The Hall–Kier alpha value is -1.29. The van der Waals surface area contributed by atoms with E-state index in [1.165, 1.54) is 19.3 Å². The van der Waals surface area contributed by atoms with Crippen molar-refractivity contribution in [3.05, 3.63) is 18.0 Å². The highest BCUT2D eigenvalue weighted by atomic mass is 16.5. The number of aromatic nitrogens is 1. The zero-order chi connectivity index (χ0) is 12.5. The first kappa shape index (κ1) is 11.8. The molecule has 0 amide bonds. The Bertz CT molecular complexity index is 435. The molecule has 18 heavy (non-hydrogen) atoms. The van der Waals surface area contributed by atoms with Crippen molar-refractivity contribution in [1.82, 2.24) is 4.98 Å². The summed E-state index contributed by atoms with van der Waals surface area (Å²) < 4.78 is 11.4. The van der Waals surface area contributed by atoms with Crippen molar-refractivity contribution in [2.24, 2.45) is 11.8 Å². The molecule has 1 aromatic rings. The lowest BCUT2D eigenvalue weighted by Gasteiger charge is -2.24. The number of hydrogen-bond acceptors (Lipinski definition) is 4. The Kier molecular flexibility index (Phi) is 3.12. The molecule has 4 nitrogen and oxygen atoms in total. The molecule has 2 fully saturated rings. The molecule has 0 aliphatic heterocycles. The van der Waals surface area contributed by atoms with Gasteiger partial charge in [-0.1, -0.05) is 0 Å². The highest BCUT2D eigenvalue weighted by molar-refractivity contribution is 5.39. The molecule has 4 heteroatoms.